The molecule has 1 aliphatic rings. The number of aryl methyl sites for hydroxylation is 2. The number of hydrogen-bond acceptors (Lipinski definition) is 1. The summed E-state index contributed by atoms with van der Waals surface area (Å²) in [5, 5.41) is 6.07. The first-order chi connectivity index (χ1) is 9.66. The Morgan fingerprint density at radius 2 is 1.15 bits per heavy atom. The fourth-order valence-corrected chi connectivity index (χ4v) is 2.88. The second-order valence-corrected chi connectivity index (χ2v) is 5.29. The zero-order valence-electron chi connectivity index (χ0n) is 11.7. The molecule has 0 saturated carbocycles. The van der Waals surface area contributed by atoms with Gasteiger partial charge >= 0.3 is 6.03 Å². The van der Waals surface area contributed by atoms with Gasteiger partial charge in [0, 0.05) is 0 Å². The van der Waals surface area contributed by atoms with Gasteiger partial charge in [-0.15, -0.1) is 0 Å². The molecule has 2 aromatic rings. The van der Waals surface area contributed by atoms with Crippen LogP contribution in [0, 0.1) is 13.8 Å². The third kappa shape index (κ3) is 2.16. The van der Waals surface area contributed by atoms with Gasteiger partial charge in [-0.3, -0.25) is 0 Å². The van der Waals surface area contributed by atoms with E-state index in [0.29, 0.717) is 0 Å². The highest BCUT2D eigenvalue weighted by atomic mass is 16.2. The van der Waals surface area contributed by atoms with E-state index in [4.69, 9.17) is 0 Å². The van der Waals surface area contributed by atoms with Gasteiger partial charge in [0.05, 0.1) is 12.1 Å². The third-order valence-corrected chi connectivity index (χ3v) is 3.95. The van der Waals surface area contributed by atoms with Crippen LogP contribution in [0.1, 0.15) is 34.3 Å². The second-order valence-electron chi connectivity index (χ2n) is 5.29. The number of rotatable bonds is 2. The van der Waals surface area contributed by atoms with E-state index in [1.54, 1.807) is 0 Å². The van der Waals surface area contributed by atoms with Crippen LogP contribution in [0.15, 0.2) is 48.5 Å². The van der Waals surface area contributed by atoms with Gasteiger partial charge in [-0.1, -0.05) is 48.5 Å². The monoisotopic (exact) mass is 266 g/mol. The summed E-state index contributed by atoms with van der Waals surface area (Å²) in [5.41, 5.74) is 4.72. The summed E-state index contributed by atoms with van der Waals surface area (Å²) < 4.78 is 0. The van der Waals surface area contributed by atoms with Crippen LogP contribution in [-0.4, -0.2) is 6.03 Å². The van der Waals surface area contributed by atoms with Crippen LogP contribution in [0.5, 0.6) is 0 Å². The summed E-state index contributed by atoms with van der Waals surface area (Å²) in [4.78, 5) is 11.8. The maximum atomic E-state index is 11.8. The average molecular weight is 266 g/mol. The standard InChI is InChI=1S/C17H18N2O/c1-11-7-3-5-9-13(11)15-16(19-17(20)18-15)14-10-6-4-8-12(14)2/h3-10,15-16H,1-2H3,(H2,18,19,20)/t15-,16-/m0/s1. The van der Waals surface area contributed by atoms with E-state index in [-0.39, 0.29) is 18.1 Å². The highest BCUT2D eigenvalue weighted by Crippen LogP contribution is 2.35. The van der Waals surface area contributed by atoms with Gasteiger partial charge in [-0.2, -0.15) is 0 Å². The number of amides is 2. The Labute approximate surface area is 119 Å². The Balaban J connectivity index is 2.04. The Hall–Kier alpha value is -2.29. The molecule has 0 spiro atoms. The summed E-state index contributed by atoms with van der Waals surface area (Å²) in [7, 11) is 0. The highest BCUT2D eigenvalue weighted by molar-refractivity contribution is 5.78. The molecule has 1 aliphatic heterocycles. The van der Waals surface area contributed by atoms with Crippen LogP contribution in [0.4, 0.5) is 4.79 Å². The van der Waals surface area contributed by atoms with Crippen molar-refractivity contribution in [3.05, 3.63) is 70.8 Å². The maximum absolute atomic E-state index is 11.8. The molecule has 2 aromatic carbocycles. The fraction of sp³-hybridized carbons (Fsp3) is 0.235. The van der Waals surface area contributed by atoms with E-state index in [1.165, 1.54) is 22.3 Å². The van der Waals surface area contributed by atoms with Crippen molar-refractivity contribution in [1.29, 1.82) is 0 Å². The summed E-state index contributed by atoms with van der Waals surface area (Å²) in [6.45, 7) is 4.16. The van der Waals surface area contributed by atoms with E-state index in [0.717, 1.165) is 0 Å². The molecule has 0 unspecified atom stereocenters. The molecule has 1 fully saturated rings. The SMILES string of the molecule is Cc1ccccc1[C@@H]1NC(=O)N[C@H]1c1ccccc1C. The van der Waals surface area contributed by atoms with Crippen LogP contribution >= 0.6 is 0 Å². The predicted molar refractivity (Wildman–Crippen MR) is 79.5 cm³/mol. The normalized spacial score (nSPS) is 21.4. The van der Waals surface area contributed by atoms with Gasteiger partial charge < -0.3 is 10.6 Å². The molecule has 2 N–H and O–H groups in total. The molecule has 1 saturated heterocycles. The van der Waals surface area contributed by atoms with Gasteiger partial charge in [0.1, 0.15) is 0 Å². The van der Waals surface area contributed by atoms with Crippen molar-refractivity contribution in [1.82, 2.24) is 10.6 Å². The molecule has 3 heteroatoms. The van der Waals surface area contributed by atoms with Crippen molar-refractivity contribution in [3.63, 3.8) is 0 Å². The quantitative estimate of drug-likeness (QED) is 0.859. The Kier molecular flexibility index (Phi) is 3.18. The summed E-state index contributed by atoms with van der Waals surface area (Å²) in [6.07, 6.45) is 0. The molecular weight excluding hydrogens is 248 g/mol. The maximum Gasteiger partial charge on any atom is 0.315 e. The lowest BCUT2D eigenvalue weighted by atomic mass is 9.90. The molecule has 1 heterocycles. The van der Waals surface area contributed by atoms with Crippen molar-refractivity contribution in [2.24, 2.45) is 0 Å². The molecule has 0 aromatic heterocycles. The lowest BCUT2D eigenvalue weighted by Crippen LogP contribution is -2.22. The number of carbonyl (C=O) groups is 1. The van der Waals surface area contributed by atoms with Crippen LogP contribution < -0.4 is 10.6 Å². The molecule has 3 nitrogen and oxygen atoms in total. The third-order valence-electron chi connectivity index (χ3n) is 3.95. The number of hydrogen-bond donors (Lipinski definition) is 2. The zero-order chi connectivity index (χ0) is 14.1. The predicted octanol–water partition coefficient (Wildman–Crippen LogP) is 3.40. The summed E-state index contributed by atoms with van der Waals surface area (Å²) in [6, 6.07) is 16.2. The molecule has 0 aliphatic carbocycles. The van der Waals surface area contributed by atoms with E-state index in [9.17, 15) is 4.79 Å². The summed E-state index contributed by atoms with van der Waals surface area (Å²) in [5.74, 6) is 0. The Morgan fingerprint density at radius 3 is 1.55 bits per heavy atom. The van der Waals surface area contributed by atoms with E-state index < -0.39 is 0 Å². The van der Waals surface area contributed by atoms with E-state index in [2.05, 4.69) is 48.7 Å². The van der Waals surface area contributed by atoms with Gasteiger partial charge in [0.2, 0.25) is 0 Å². The highest BCUT2D eigenvalue weighted by Gasteiger charge is 2.35. The number of nitrogens with one attached hydrogen (secondary N) is 2. The first-order valence-electron chi connectivity index (χ1n) is 6.85. The first-order valence-corrected chi connectivity index (χ1v) is 6.85. The van der Waals surface area contributed by atoms with Crippen LogP contribution in [0.3, 0.4) is 0 Å². The Morgan fingerprint density at radius 1 is 0.750 bits per heavy atom. The minimum Gasteiger partial charge on any atom is -0.329 e. The Bertz CT molecular complexity index is 595. The minimum absolute atomic E-state index is 0.0233. The molecule has 20 heavy (non-hydrogen) atoms. The molecule has 0 bridgehead atoms. The average Bonchev–Trinajstić information content (AvgIpc) is 2.81. The zero-order valence-corrected chi connectivity index (χ0v) is 11.7. The molecule has 102 valence electrons. The van der Waals surface area contributed by atoms with Gasteiger partial charge in [-0.25, -0.2) is 4.79 Å². The van der Waals surface area contributed by atoms with Gasteiger partial charge in [0.15, 0.2) is 0 Å². The molecule has 3 rings (SSSR count). The van der Waals surface area contributed by atoms with E-state index in [1.807, 2.05) is 24.3 Å². The molecular formula is C17H18N2O. The first kappa shape index (κ1) is 12.7. The van der Waals surface area contributed by atoms with Crippen LogP contribution in [0.2, 0.25) is 0 Å². The fourth-order valence-electron chi connectivity index (χ4n) is 2.88. The van der Waals surface area contributed by atoms with Crippen LogP contribution in [-0.2, 0) is 0 Å². The number of benzene rings is 2. The number of urea groups is 1. The molecule has 2 atom stereocenters. The van der Waals surface area contributed by atoms with Crippen LogP contribution in [0.25, 0.3) is 0 Å². The van der Waals surface area contributed by atoms with Crippen molar-refractivity contribution in [3.8, 4) is 0 Å². The second kappa shape index (κ2) is 5.00. The molecule has 0 radical (unpaired) electrons. The smallest absolute Gasteiger partial charge is 0.315 e. The lowest BCUT2D eigenvalue weighted by molar-refractivity contribution is 0.247. The van der Waals surface area contributed by atoms with Crippen molar-refractivity contribution in [2.75, 3.05) is 0 Å². The van der Waals surface area contributed by atoms with Gasteiger partial charge in [-0.05, 0) is 36.1 Å². The largest absolute Gasteiger partial charge is 0.329 e. The summed E-state index contributed by atoms with van der Waals surface area (Å²) >= 11 is 0. The van der Waals surface area contributed by atoms with Crippen molar-refractivity contribution in [2.45, 2.75) is 25.9 Å². The number of carbonyl (C=O) groups excluding carboxylic acids is 1. The lowest BCUT2D eigenvalue weighted by Gasteiger charge is -2.22. The topological polar surface area (TPSA) is 41.1 Å². The van der Waals surface area contributed by atoms with Crippen molar-refractivity contribution >= 4 is 6.03 Å². The van der Waals surface area contributed by atoms with Gasteiger partial charge in [0.25, 0.3) is 0 Å². The minimum atomic E-state index is -0.105. The van der Waals surface area contributed by atoms with E-state index >= 15 is 0 Å². The molecule has 2 amide bonds. The van der Waals surface area contributed by atoms with Crippen molar-refractivity contribution < 1.29 is 4.79 Å².